The summed E-state index contributed by atoms with van der Waals surface area (Å²) in [5, 5.41) is 6.34. The predicted octanol–water partition coefficient (Wildman–Crippen LogP) is 12.2. The minimum absolute atomic E-state index is 0.0110. The van der Waals surface area contributed by atoms with E-state index in [2.05, 4.69) is 83.4 Å². The van der Waals surface area contributed by atoms with Crippen molar-refractivity contribution in [2.24, 2.45) is 0 Å². The van der Waals surface area contributed by atoms with Gasteiger partial charge in [-0.2, -0.15) is 0 Å². The van der Waals surface area contributed by atoms with Gasteiger partial charge in [0.2, 0.25) is 0 Å². The molecule has 11 aromatic rings. The van der Waals surface area contributed by atoms with Crippen LogP contribution >= 0.6 is 11.3 Å². The number of rotatable bonds is 4. The number of aromatic nitrogens is 4. The summed E-state index contributed by atoms with van der Waals surface area (Å²) in [7, 11) is 0. The Morgan fingerprint density at radius 1 is 0.471 bits per heavy atom. The highest BCUT2D eigenvalue weighted by Crippen LogP contribution is 2.40. The van der Waals surface area contributed by atoms with Gasteiger partial charge in [0.15, 0.2) is 17.5 Å². The molecule has 4 heterocycles. The molecule has 6 heteroatoms. The minimum Gasteiger partial charge on any atom is -0.456 e. The van der Waals surface area contributed by atoms with Crippen molar-refractivity contribution in [2.45, 2.75) is 0 Å². The molecule has 0 spiro atoms. The van der Waals surface area contributed by atoms with E-state index in [0.29, 0.717) is 28.4 Å². The van der Waals surface area contributed by atoms with Gasteiger partial charge in [0.1, 0.15) is 11.2 Å². The maximum atomic E-state index is 8.77. The van der Waals surface area contributed by atoms with Crippen LogP contribution in [-0.2, 0) is 0 Å². The van der Waals surface area contributed by atoms with Crippen LogP contribution in [0, 0.1) is 0 Å². The first-order valence-corrected chi connectivity index (χ1v) is 17.3. The molecule has 5 nitrogen and oxygen atoms in total. The number of nitrogens with zero attached hydrogens (tertiary/aromatic N) is 4. The van der Waals surface area contributed by atoms with E-state index < -0.39 is 18.1 Å². The average molecular weight is 676 g/mol. The summed E-state index contributed by atoms with van der Waals surface area (Å²) in [5.74, 6) is 0.602. The number of hydrogen-bond donors (Lipinski definition) is 0. The smallest absolute Gasteiger partial charge is 0.164 e. The van der Waals surface area contributed by atoms with E-state index in [1.54, 1.807) is 11.3 Å². The second kappa shape index (κ2) is 10.9. The lowest BCUT2D eigenvalue weighted by atomic mass is 10.1. The summed E-state index contributed by atoms with van der Waals surface area (Å²) < 4.78 is 53.1. The van der Waals surface area contributed by atoms with Crippen molar-refractivity contribution in [3.63, 3.8) is 0 Å². The van der Waals surface area contributed by atoms with E-state index in [1.807, 2.05) is 48.5 Å². The van der Waals surface area contributed by atoms with Crippen molar-refractivity contribution in [1.82, 2.24) is 19.5 Å². The fraction of sp³-hybridized carbons (Fsp3) is 0. The molecule has 0 atom stereocenters. The van der Waals surface area contributed by atoms with Gasteiger partial charge in [-0.1, -0.05) is 84.8 Å². The fourth-order valence-corrected chi connectivity index (χ4v) is 8.28. The third-order valence-corrected chi connectivity index (χ3v) is 10.7. The molecule has 0 aliphatic carbocycles. The first-order valence-electron chi connectivity index (χ1n) is 19.0. The van der Waals surface area contributed by atoms with Crippen LogP contribution in [0.4, 0.5) is 0 Å². The zero-order chi connectivity index (χ0) is 37.8. The number of hydrogen-bond acceptors (Lipinski definition) is 5. The van der Waals surface area contributed by atoms with Crippen LogP contribution in [0.1, 0.15) is 6.85 Å². The molecule has 0 saturated carbocycles. The molecule has 11 rings (SSSR count). The summed E-state index contributed by atoms with van der Waals surface area (Å²) in [6.45, 7) is 0. The monoisotopic (exact) mass is 675 g/mol. The minimum atomic E-state index is -0.481. The Balaban J connectivity index is 1.13. The first kappa shape index (κ1) is 23.7. The maximum absolute atomic E-state index is 8.77. The Labute approximate surface area is 302 Å². The molecular formula is C45H26N4OS. The average Bonchev–Trinajstić information content (AvgIpc) is 3.91. The Kier molecular flexibility index (Phi) is 5.08. The van der Waals surface area contributed by atoms with Crippen molar-refractivity contribution < 1.29 is 11.3 Å². The maximum Gasteiger partial charge on any atom is 0.164 e. The largest absolute Gasteiger partial charge is 0.456 e. The molecule has 0 N–H and O–H groups in total. The number of furan rings is 1. The summed E-state index contributed by atoms with van der Waals surface area (Å²) >= 11 is 1.71. The van der Waals surface area contributed by atoms with E-state index in [4.69, 9.17) is 26.2 Å². The number of fused-ring (bicyclic) bond motifs is 9. The second-order valence-corrected chi connectivity index (χ2v) is 13.6. The third-order valence-electron chi connectivity index (χ3n) is 9.54. The van der Waals surface area contributed by atoms with Gasteiger partial charge in [-0.15, -0.1) is 11.3 Å². The van der Waals surface area contributed by atoms with Gasteiger partial charge in [0, 0.05) is 64.1 Å². The van der Waals surface area contributed by atoms with Gasteiger partial charge in [0.05, 0.1) is 17.9 Å². The Morgan fingerprint density at radius 2 is 1.02 bits per heavy atom. The van der Waals surface area contributed by atoms with E-state index in [9.17, 15) is 0 Å². The van der Waals surface area contributed by atoms with Crippen LogP contribution in [0.15, 0.2) is 162 Å². The van der Waals surface area contributed by atoms with E-state index in [-0.39, 0.29) is 23.5 Å². The van der Waals surface area contributed by atoms with Gasteiger partial charge in [-0.25, -0.2) is 15.0 Å². The zero-order valence-electron chi connectivity index (χ0n) is 31.7. The number of benzene rings is 7. The Morgan fingerprint density at radius 3 is 1.75 bits per heavy atom. The lowest BCUT2D eigenvalue weighted by molar-refractivity contribution is 0.669. The molecule has 238 valence electrons. The molecule has 0 radical (unpaired) electrons. The summed E-state index contributed by atoms with van der Waals surface area (Å²) in [5.41, 5.74) is 6.06. The number of thiophene rings is 1. The highest BCUT2D eigenvalue weighted by Gasteiger charge is 2.17. The van der Waals surface area contributed by atoms with Crippen molar-refractivity contribution >= 4 is 75.3 Å². The Bertz CT molecular complexity index is 3380. The van der Waals surface area contributed by atoms with Gasteiger partial charge in [-0.3, -0.25) is 0 Å². The lowest BCUT2D eigenvalue weighted by Gasteiger charge is -2.09. The molecule has 0 aliphatic heterocycles. The van der Waals surface area contributed by atoms with Gasteiger partial charge in [-0.05, 0) is 72.8 Å². The molecule has 0 amide bonds. The lowest BCUT2D eigenvalue weighted by Crippen LogP contribution is -2.00. The Hall–Kier alpha value is -6.63. The quantitative estimate of drug-likeness (QED) is 0.186. The van der Waals surface area contributed by atoms with E-state index >= 15 is 0 Å². The van der Waals surface area contributed by atoms with Crippen LogP contribution in [0.5, 0.6) is 0 Å². The fourth-order valence-electron chi connectivity index (χ4n) is 7.22. The molecule has 0 saturated heterocycles. The second-order valence-electron chi connectivity index (χ2n) is 12.5. The highest BCUT2D eigenvalue weighted by atomic mass is 32.1. The summed E-state index contributed by atoms with van der Waals surface area (Å²) in [6.07, 6.45) is 0. The summed E-state index contributed by atoms with van der Waals surface area (Å²) in [4.78, 5) is 14.6. The van der Waals surface area contributed by atoms with Crippen molar-refractivity contribution in [3.05, 3.63) is 158 Å². The topological polar surface area (TPSA) is 56.7 Å². The molecule has 0 unspecified atom stereocenters. The first-order chi connectivity index (χ1) is 27.3. The molecule has 0 aliphatic rings. The van der Waals surface area contributed by atoms with Crippen LogP contribution in [0.3, 0.4) is 0 Å². The van der Waals surface area contributed by atoms with Gasteiger partial charge < -0.3 is 8.98 Å². The van der Waals surface area contributed by atoms with Crippen molar-refractivity contribution in [1.29, 1.82) is 0 Å². The number of para-hydroxylation sites is 3. The standard InChI is InChI=1S/C45H26N4OS/c1-2-10-27(11-3-1)43-46-44(28-18-21-40-34(24-28)33-14-6-9-17-39(33)50-40)48-45(47-43)29-19-22-41-35(25-29)36-26-30(20-23-42(36)51-41)49-37-15-7-4-12-31(37)32-13-5-8-16-38(32)49/h1-26H/i1D,2D,3D,10D,11D. The zero-order valence-corrected chi connectivity index (χ0v) is 27.5. The van der Waals surface area contributed by atoms with Crippen molar-refractivity contribution in [2.75, 3.05) is 0 Å². The summed E-state index contributed by atoms with van der Waals surface area (Å²) in [6, 6.07) is 40.9. The molecule has 4 aromatic heterocycles. The van der Waals surface area contributed by atoms with Crippen LogP contribution < -0.4 is 0 Å². The molecule has 7 aromatic carbocycles. The molecule has 51 heavy (non-hydrogen) atoms. The van der Waals surface area contributed by atoms with Crippen molar-refractivity contribution in [3.8, 4) is 39.9 Å². The third kappa shape index (κ3) is 4.43. The SMILES string of the molecule is [2H]c1c([2H])c([2H])c(-c2nc(-c3ccc4oc5ccccc5c4c3)nc(-c3ccc4sc5ccc(-n6c7ccccc7c7ccccc76)cc5c4c3)n2)c([2H])c1[2H]. The predicted molar refractivity (Wildman–Crippen MR) is 211 cm³/mol. The van der Waals surface area contributed by atoms with Gasteiger partial charge >= 0.3 is 0 Å². The molecular weight excluding hydrogens is 645 g/mol. The van der Waals surface area contributed by atoms with Crippen LogP contribution in [0.2, 0.25) is 0 Å². The molecule has 0 bridgehead atoms. The normalized spacial score (nSPS) is 13.3. The van der Waals surface area contributed by atoms with Gasteiger partial charge in [0.25, 0.3) is 0 Å². The van der Waals surface area contributed by atoms with E-state index in [1.165, 1.54) is 10.8 Å². The van der Waals surface area contributed by atoms with Crippen LogP contribution in [0.25, 0.3) is 104 Å². The van der Waals surface area contributed by atoms with E-state index in [0.717, 1.165) is 53.2 Å². The van der Waals surface area contributed by atoms with Crippen LogP contribution in [-0.4, -0.2) is 19.5 Å². The highest BCUT2D eigenvalue weighted by molar-refractivity contribution is 7.25. The molecule has 0 fully saturated rings.